The van der Waals surface area contributed by atoms with Crippen LogP contribution in [0.4, 0.5) is 5.69 Å². The molecule has 1 fully saturated rings. The average molecular weight is 310 g/mol. The highest BCUT2D eigenvalue weighted by molar-refractivity contribution is 7.91. The predicted octanol–water partition coefficient (Wildman–Crippen LogP) is 0.604. The number of nitrogens with one attached hydrogen (secondary N) is 2. The smallest absolute Gasteiger partial charge is 0.225 e. The molecule has 1 atom stereocenters. The van der Waals surface area contributed by atoms with Gasteiger partial charge in [0.25, 0.3) is 0 Å². The van der Waals surface area contributed by atoms with Gasteiger partial charge < -0.3 is 10.6 Å². The molecule has 0 spiro atoms. The van der Waals surface area contributed by atoms with E-state index in [0.717, 1.165) is 0 Å². The van der Waals surface area contributed by atoms with Crippen LogP contribution in [-0.4, -0.2) is 44.2 Å². The van der Waals surface area contributed by atoms with Crippen molar-refractivity contribution in [1.82, 2.24) is 5.32 Å². The van der Waals surface area contributed by atoms with Gasteiger partial charge >= 0.3 is 0 Å². The van der Waals surface area contributed by atoms with Crippen LogP contribution in [0.15, 0.2) is 24.3 Å². The Bertz CT molecular complexity index is 637. The minimum absolute atomic E-state index is 0.0102. The zero-order valence-electron chi connectivity index (χ0n) is 11.8. The van der Waals surface area contributed by atoms with Crippen LogP contribution >= 0.6 is 0 Å². The molecule has 0 bridgehead atoms. The quantitative estimate of drug-likeness (QED) is 0.795. The lowest BCUT2D eigenvalue weighted by atomic mass is 10.1. The zero-order chi connectivity index (χ0) is 15.5. The van der Waals surface area contributed by atoms with Crippen molar-refractivity contribution in [2.24, 2.45) is 0 Å². The Labute approximate surface area is 123 Å². The normalized spacial score (nSPS) is 20.7. The van der Waals surface area contributed by atoms with Crippen LogP contribution in [0.1, 0.15) is 23.7 Å². The summed E-state index contributed by atoms with van der Waals surface area (Å²) >= 11 is 0. The van der Waals surface area contributed by atoms with E-state index in [4.69, 9.17) is 0 Å². The third kappa shape index (κ3) is 4.64. The van der Waals surface area contributed by atoms with Crippen molar-refractivity contribution in [2.75, 3.05) is 23.4 Å². The first kappa shape index (κ1) is 15.7. The fraction of sp³-hybridized carbons (Fsp3) is 0.429. The molecule has 2 rings (SSSR count). The van der Waals surface area contributed by atoms with Crippen LogP contribution in [0.3, 0.4) is 0 Å². The Morgan fingerprint density at radius 2 is 1.95 bits per heavy atom. The maximum atomic E-state index is 11.9. The third-order valence-electron chi connectivity index (χ3n) is 3.31. The maximum absolute atomic E-state index is 11.9. The van der Waals surface area contributed by atoms with Crippen molar-refractivity contribution in [3.63, 3.8) is 0 Å². The van der Waals surface area contributed by atoms with Crippen molar-refractivity contribution < 1.29 is 18.0 Å². The maximum Gasteiger partial charge on any atom is 0.225 e. The van der Waals surface area contributed by atoms with E-state index >= 15 is 0 Å². The van der Waals surface area contributed by atoms with Crippen LogP contribution in [0, 0.1) is 0 Å². The lowest BCUT2D eigenvalue weighted by Gasteiger charge is -2.23. The minimum Gasteiger partial charge on any atom is -0.326 e. The molecule has 0 aromatic heterocycles. The average Bonchev–Trinajstić information content (AvgIpc) is 2.37. The number of carbonyl (C=O) groups is 2. The monoisotopic (exact) mass is 310 g/mol. The van der Waals surface area contributed by atoms with Crippen molar-refractivity contribution in [1.29, 1.82) is 0 Å². The van der Waals surface area contributed by atoms with E-state index in [-0.39, 0.29) is 35.7 Å². The van der Waals surface area contributed by atoms with Crippen LogP contribution in [0.25, 0.3) is 0 Å². The first-order chi connectivity index (χ1) is 9.85. The molecule has 1 saturated heterocycles. The molecule has 2 N–H and O–H groups in total. The molecule has 1 aliphatic heterocycles. The molecule has 7 heteroatoms. The Morgan fingerprint density at radius 1 is 1.29 bits per heavy atom. The van der Waals surface area contributed by atoms with Crippen molar-refractivity contribution in [3.05, 3.63) is 29.8 Å². The second-order valence-electron chi connectivity index (χ2n) is 5.15. The van der Waals surface area contributed by atoms with Gasteiger partial charge in [-0.3, -0.25) is 9.59 Å². The minimum atomic E-state index is -3.05. The number of ketones is 1. The van der Waals surface area contributed by atoms with Crippen LogP contribution < -0.4 is 10.6 Å². The Hall–Kier alpha value is -1.73. The summed E-state index contributed by atoms with van der Waals surface area (Å²) in [5.41, 5.74) is 1.16. The van der Waals surface area contributed by atoms with Crippen LogP contribution in [-0.2, 0) is 14.6 Å². The highest BCUT2D eigenvalue weighted by atomic mass is 32.2. The Balaban J connectivity index is 1.91. The van der Waals surface area contributed by atoms with Crippen molar-refractivity contribution >= 4 is 27.2 Å². The molecule has 1 unspecified atom stereocenters. The standard InChI is InChI=1S/C14H18N2O4S/c1-10(17)11-2-4-12(5-3-11)16-14(18)8-13-9-21(19,20)7-6-15-13/h2-5,13,15H,6-9H2,1H3,(H,16,18). The summed E-state index contributed by atoms with van der Waals surface area (Å²) in [7, 11) is -3.05. The molecular formula is C14H18N2O4S. The van der Waals surface area contributed by atoms with E-state index in [1.807, 2.05) is 0 Å². The van der Waals surface area contributed by atoms with Gasteiger partial charge in [0.2, 0.25) is 5.91 Å². The molecule has 1 amide bonds. The first-order valence-corrected chi connectivity index (χ1v) is 8.52. The predicted molar refractivity (Wildman–Crippen MR) is 80.1 cm³/mol. The molecule has 0 saturated carbocycles. The molecular weight excluding hydrogens is 292 g/mol. The summed E-state index contributed by atoms with van der Waals surface area (Å²) in [4.78, 5) is 23.0. The number of hydrogen-bond acceptors (Lipinski definition) is 5. The van der Waals surface area contributed by atoms with Crippen molar-refractivity contribution in [2.45, 2.75) is 19.4 Å². The van der Waals surface area contributed by atoms with Gasteiger partial charge in [-0.2, -0.15) is 0 Å². The highest BCUT2D eigenvalue weighted by Gasteiger charge is 2.25. The summed E-state index contributed by atoms with van der Waals surface area (Å²) in [6, 6.07) is 6.24. The second-order valence-corrected chi connectivity index (χ2v) is 7.38. The molecule has 6 nitrogen and oxygen atoms in total. The van der Waals surface area contributed by atoms with E-state index in [1.165, 1.54) is 6.92 Å². The van der Waals surface area contributed by atoms with Crippen LogP contribution in [0.2, 0.25) is 0 Å². The van der Waals surface area contributed by atoms with Gasteiger partial charge in [0, 0.05) is 30.3 Å². The van der Waals surface area contributed by atoms with E-state index < -0.39 is 9.84 Å². The Morgan fingerprint density at radius 3 is 2.52 bits per heavy atom. The summed E-state index contributed by atoms with van der Waals surface area (Å²) in [5, 5.41) is 5.73. The van der Waals surface area contributed by atoms with E-state index in [2.05, 4.69) is 10.6 Å². The van der Waals surface area contributed by atoms with Gasteiger partial charge in [-0.15, -0.1) is 0 Å². The largest absolute Gasteiger partial charge is 0.326 e. The highest BCUT2D eigenvalue weighted by Crippen LogP contribution is 2.12. The number of amides is 1. The zero-order valence-corrected chi connectivity index (χ0v) is 12.6. The lowest BCUT2D eigenvalue weighted by Crippen LogP contribution is -2.46. The molecule has 0 radical (unpaired) electrons. The molecule has 1 aliphatic rings. The molecule has 1 aromatic rings. The second kappa shape index (κ2) is 6.36. The summed E-state index contributed by atoms with van der Waals surface area (Å²) in [6.45, 7) is 1.86. The number of benzene rings is 1. The molecule has 21 heavy (non-hydrogen) atoms. The Kier molecular flexibility index (Phi) is 4.74. The number of rotatable bonds is 4. The number of sulfone groups is 1. The summed E-state index contributed by atoms with van der Waals surface area (Å²) in [5.74, 6) is -0.175. The van der Waals surface area contributed by atoms with Gasteiger partial charge in [-0.05, 0) is 31.2 Å². The fourth-order valence-electron chi connectivity index (χ4n) is 2.22. The van der Waals surface area contributed by atoms with Gasteiger partial charge in [0.05, 0.1) is 11.5 Å². The molecule has 114 valence electrons. The SMILES string of the molecule is CC(=O)c1ccc(NC(=O)CC2CS(=O)(=O)CCN2)cc1. The van der Waals surface area contributed by atoms with Crippen LogP contribution in [0.5, 0.6) is 0 Å². The van der Waals surface area contributed by atoms with Gasteiger partial charge in [0.1, 0.15) is 0 Å². The lowest BCUT2D eigenvalue weighted by molar-refractivity contribution is -0.116. The number of hydrogen-bond donors (Lipinski definition) is 2. The number of anilines is 1. The van der Waals surface area contributed by atoms with Gasteiger partial charge in [-0.25, -0.2) is 8.42 Å². The first-order valence-electron chi connectivity index (χ1n) is 6.70. The molecule has 0 aliphatic carbocycles. The molecule has 1 aromatic carbocycles. The van der Waals surface area contributed by atoms with E-state index in [1.54, 1.807) is 24.3 Å². The van der Waals surface area contributed by atoms with Gasteiger partial charge in [-0.1, -0.05) is 0 Å². The van der Waals surface area contributed by atoms with Gasteiger partial charge in [0.15, 0.2) is 15.6 Å². The number of Topliss-reactive ketones (excluding diaryl/α,β-unsaturated/α-hetero) is 1. The van der Waals surface area contributed by atoms with E-state index in [9.17, 15) is 18.0 Å². The summed E-state index contributed by atoms with van der Waals surface area (Å²) < 4.78 is 23.0. The van der Waals surface area contributed by atoms with E-state index in [0.29, 0.717) is 17.8 Å². The third-order valence-corrected chi connectivity index (χ3v) is 5.04. The number of carbonyl (C=O) groups excluding carboxylic acids is 2. The fourth-order valence-corrected chi connectivity index (χ4v) is 3.67. The summed E-state index contributed by atoms with van der Waals surface area (Å²) in [6.07, 6.45) is 0.105. The van der Waals surface area contributed by atoms with Crippen molar-refractivity contribution in [3.8, 4) is 0 Å². The molecule has 1 heterocycles. The topological polar surface area (TPSA) is 92.3 Å².